The van der Waals surface area contributed by atoms with Gasteiger partial charge >= 0.3 is 5.97 Å². The van der Waals surface area contributed by atoms with E-state index in [-0.39, 0.29) is 21.4 Å². The highest BCUT2D eigenvalue weighted by molar-refractivity contribution is 6.37. The number of aliphatic carboxylic acids is 1. The lowest BCUT2D eigenvalue weighted by molar-refractivity contribution is -0.139. The largest absolute Gasteiger partial charge is 0.494 e. The molecule has 0 saturated heterocycles. The minimum absolute atomic E-state index is 0.188. The lowest BCUT2D eigenvalue weighted by atomic mass is 10.1. The van der Waals surface area contributed by atoms with Crippen LogP contribution in [0.25, 0.3) is 0 Å². The Morgan fingerprint density at radius 3 is 2.33 bits per heavy atom. The number of carbonyl (C=O) groups is 2. The Morgan fingerprint density at radius 1 is 1.33 bits per heavy atom. The summed E-state index contributed by atoms with van der Waals surface area (Å²) in [7, 11) is 1.41. The van der Waals surface area contributed by atoms with Crippen molar-refractivity contribution in [3.63, 3.8) is 0 Å². The lowest BCUT2D eigenvalue weighted by Crippen LogP contribution is -2.40. The van der Waals surface area contributed by atoms with Gasteiger partial charge in [-0.2, -0.15) is 0 Å². The molecule has 1 rings (SSSR count). The van der Waals surface area contributed by atoms with E-state index in [9.17, 15) is 9.59 Å². The van der Waals surface area contributed by atoms with Crippen LogP contribution in [0, 0.1) is 0 Å². The third-order valence-electron chi connectivity index (χ3n) is 2.91. The third-order valence-corrected chi connectivity index (χ3v) is 3.48. The number of carbonyl (C=O) groups excluding carboxylic acids is 1. The van der Waals surface area contributed by atoms with E-state index in [2.05, 4.69) is 5.32 Å². The van der Waals surface area contributed by atoms with Gasteiger partial charge in [-0.25, -0.2) is 4.79 Å². The Morgan fingerprint density at radius 2 is 1.90 bits per heavy atom. The van der Waals surface area contributed by atoms with Gasteiger partial charge in [-0.3, -0.25) is 4.79 Å². The number of rotatable bonds is 7. The van der Waals surface area contributed by atoms with E-state index in [1.165, 1.54) is 19.2 Å². The predicted octanol–water partition coefficient (Wildman–Crippen LogP) is 3.38. The Bertz CT molecular complexity index is 511. The minimum atomic E-state index is -1.07. The number of methoxy groups -OCH3 is 1. The zero-order chi connectivity index (χ0) is 16.0. The first-order valence-corrected chi connectivity index (χ1v) is 7.23. The van der Waals surface area contributed by atoms with Gasteiger partial charge in [0.05, 0.1) is 17.2 Å². The van der Waals surface area contributed by atoms with Crippen molar-refractivity contribution >= 4 is 35.1 Å². The van der Waals surface area contributed by atoms with Crippen molar-refractivity contribution in [2.45, 2.75) is 32.2 Å². The van der Waals surface area contributed by atoms with E-state index in [1.807, 2.05) is 6.92 Å². The molecule has 0 spiro atoms. The summed E-state index contributed by atoms with van der Waals surface area (Å²) in [6.07, 6.45) is 1.93. The number of carboxylic acids is 1. The van der Waals surface area contributed by atoms with E-state index >= 15 is 0 Å². The van der Waals surface area contributed by atoms with Crippen LogP contribution < -0.4 is 10.1 Å². The summed E-state index contributed by atoms with van der Waals surface area (Å²) in [6, 6.07) is 1.85. The van der Waals surface area contributed by atoms with Crippen molar-refractivity contribution in [1.82, 2.24) is 5.32 Å². The standard InChI is InChI=1S/C14H17Cl2NO4/c1-3-4-5-11(14(19)20)17-13(18)8-6-9(15)12(21-2)10(16)7-8/h6-7,11H,3-5H2,1-2H3,(H,17,18)(H,19,20). The van der Waals surface area contributed by atoms with Crippen LogP contribution in [0.15, 0.2) is 12.1 Å². The van der Waals surface area contributed by atoms with Gasteiger partial charge in [0.2, 0.25) is 0 Å². The Balaban J connectivity index is 2.90. The highest BCUT2D eigenvalue weighted by Gasteiger charge is 2.21. The van der Waals surface area contributed by atoms with Gasteiger partial charge in [0, 0.05) is 5.56 Å². The number of nitrogens with one attached hydrogen (secondary N) is 1. The summed E-state index contributed by atoms with van der Waals surface area (Å²) < 4.78 is 4.99. The Hall–Kier alpha value is -1.46. The maximum absolute atomic E-state index is 12.1. The van der Waals surface area contributed by atoms with Crippen LogP contribution in [0.3, 0.4) is 0 Å². The molecule has 0 heterocycles. The Labute approximate surface area is 133 Å². The summed E-state index contributed by atoms with van der Waals surface area (Å²) in [6.45, 7) is 1.95. The van der Waals surface area contributed by atoms with Crippen LogP contribution in [0.4, 0.5) is 0 Å². The molecule has 0 bridgehead atoms. The molecule has 0 saturated carbocycles. The van der Waals surface area contributed by atoms with Crippen molar-refractivity contribution in [3.05, 3.63) is 27.7 Å². The number of amides is 1. The zero-order valence-corrected chi connectivity index (χ0v) is 13.3. The molecule has 5 nitrogen and oxygen atoms in total. The fourth-order valence-electron chi connectivity index (χ4n) is 1.79. The molecule has 0 aromatic heterocycles. The van der Waals surface area contributed by atoms with Crippen molar-refractivity contribution in [2.24, 2.45) is 0 Å². The monoisotopic (exact) mass is 333 g/mol. The molecule has 0 aliphatic carbocycles. The number of benzene rings is 1. The normalized spacial score (nSPS) is 11.8. The summed E-state index contributed by atoms with van der Waals surface area (Å²) in [4.78, 5) is 23.2. The molecule has 1 aromatic rings. The molecule has 1 aromatic carbocycles. The average molecular weight is 334 g/mol. The topological polar surface area (TPSA) is 75.6 Å². The van der Waals surface area contributed by atoms with Crippen molar-refractivity contribution in [3.8, 4) is 5.75 Å². The van der Waals surface area contributed by atoms with Crippen LogP contribution in [0.5, 0.6) is 5.75 Å². The number of hydrogen-bond donors (Lipinski definition) is 2. The quantitative estimate of drug-likeness (QED) is 0.802. The second-order valence-electron chi connectivity index (χ2n) is 4.48. The molecule has 2 N–H and O–H groups in total. The lowest BCUT2D eigenvalue weighted by Gasteiger charge is -2.15. The average Bonchev–Trinajstić information content (AvgIpc) is 2.42. The Kier molecular flexibility index (Phi) is 6.78. The molecule has 116 valence electrons. The number of unbranched alkanes of at least 4 members (excludes halogenated alkanes) is 1. The molecule has 0 aliphatic heterocycles. The molecule has 21 heavy (non-hydrogen) atoms. The summed E-state index contributed by atoms with van der Waals surface area (Å²) in [5.74, 6) is -1.33. The molecule has 0 fully saturated rings. The number of ether oxygens (including phenoxy) is 1. The third kappa shape index (κ3) is 4.79. The van der Waals surface area contributed by atoms with Crippen LogP contribution in [-0.4, -0.2) is 30.1 Å². The van der Waals surface area contributed by atoms with Crippen LogP contribution in [0.2, 0.25) is 10.0 Å². The zero-order valence-electron chi connectivity index (χ0n) is 11.8. The second-order valence-corrected chi connectivity index (χ2v) is 5.29. The van der Waals surface area contributed by atoms with E-state index in [4.69, 9.17) is 33.0 Å². The molecule has 1 unspecified atom stereocenters. The second kappa shape index (κ2) is 8.10. The van der Waals surface area contributed by atoms with E-state index in [0.29, 0.717) is 12.8 Å². The first kappa shape index (κ1) is 17.6. The van der Waals surface area contributed by atoms with Crippen LogP contribution >= 0.6 is 23.2 Å². The van der Waals surface area contributed by atoms with Crippen molar-refractivity contribution < 1.29 is 19.4 Å². The number of halogens is 2. The highest BCUT2D eigenvalue weighted by atomic mass is 35.5. The maximum atomic E-state index is 12.1. The van der Waals surface area contributed by atoms with Crippen molar-refractivity contribution in [2.75, 3.05) is 7.11 Å². The van der Waals surface area contributed by atoms with E-state index < -0.39 is 17.9 Å². The minimum Gasteiger partial charge on any atom is -0.494 e. The van der Waals surface area contributed by atoms with Gasteiger partial charge in [-0.1, -0.05) is 43.0 Å². The summed E-state index contributed by atoms with van der Waals surface area (Å²) in [5, 5.41) is 11.9. The molecular formula is C14H17Cl2NO4. The first-order valence-electron chi connectivity index (χ1n) is 6.47. The highest BCUT2D eigenvalue weighted by Crippen LogP contribution is 2.33. The predicted molar refractivity (Wildman–Crippen MR) is 81.4 cm³/mol. The smallest absolute Gasteiger partial charge is 0.326 e. The van der Waals surface area contributed by atoms with Gasteiger partial charge in [-0.15, -0.1) is 0 Å². The van der Waals surface area contributed by atoms with Gasteiger partial charge in [0.15, 0.2) is 5.75 Å². The molecule has 1 atom stereocenters. The van der Waals surface area contributed by atoms with E-state index in [0.717, 1.165) is 6.42 Å². The van der Waals surface area contributed by atoms with Gasteiger partial charge in [0.1, 0.15) is 6.04 Å². The van der Waals surface area contributed by atoms with Gasteiger partial charge < -0.3 is 15.2 Å². The molecule has 1 amide bonds. The summed E-state index contributed by atoms with van der Waals surface area (Å²) >= 11 is 11.9. The van der Waals surface area contributed by atoms with Crippen LogP contribution in [-0.2, 0) is 4.79 Å². The fourth-order valence-corrected chi connectivity index (χ4v) is 2.43. The van der Waals surface area contributed by atoms with E-state index in [1.54, 1.807) is 0 Å². The summed E-state index contributed by atoms with van der Waals surface area (Å²) in [5.41, 5.74) is 0.188. The number of hydrogen-bond acceptors (Lipinski definition) is 3. The maximum Gasteiger partial charge on any atom is 0.326 e. The first-order chi connectivity index (χ1) is 9.90. The van der Waals surface area contributed by atoms with Gasteiger partial charge in [-0.05, 0) is 18.6 Å². The van der Waals surface area contributed by atoms with Gasteiger partial charge in [0.25, 0.3) is 5.91 Å². The molecular weight excluding hydrogens is 317 g/mol. The molecule has 7 heteroatoms. The fraction of sp³-hybridized carbons (Fsp3) is 0.429. The number of carboxylic acid groups (broad SMARTS) is 1. The SMILES string of the molecule is CCCCC(NC(=O)c1cc(Cl)c(OC)c(Cl)c1)C(=O)O. The van der Waals surface area contributed by atoms with Crippen molar-refractivity contribution in [1.29, 1.82) is 0 Å². The van der Waals surface area contributed by atoms with Crippen LogP contribution in [0.1, 0.15) is 36.5 Å². The molecule has 0 aliphatic rings. The molecule has 0 radical (unpaired) electrons.